The first-order valence-corrected chi connectivity index (χ1v) is 6.59. The second-order valence-electron chi connectivity index (χ2n) is 5.08. The molecule has 4 rings (SSSR count). The molecule has 0 radical (unpaired) electrons. The number of aromatic nitrogens is 5. The molecule has 1 aliphatic carbocycles. The molecule has 0 spiro atoms. The highest BCUT2D eigenvalue weighted by Crippen LogP contribution is 2.39. The van der Waals surface area contributed by atoms with Gasteiger partial charge in [0.25, 0.3) is 0 Å². The molecule has 1 atom stereocenters. The van der Waals surface area contributed by atoms with Crippen LogP contribution < -0.4 is 0 Å². The molecule has 3 aromatic rings. The summed E-state index contributed by atoms with van der Waals surface area (Å²) in [7, 11) is 0. The van der Waals surface area contributed by atoms with E-state index in [1.54, 1.807) is 10.9 Å². The maximum absolute atomic E-state index is 9.27. The van der Waals surface area contributed by atoms with Crippen molar-refractivity contribution in [2.75, 3.05) is 0 Å². The van der Waals surface area contributed by atoms with Gasteiger partial charge in [0.15, 0.2) is 0 Å². The summed E-state index contributed by atoms with van der Waals surface area (Å²) >= 11 is 0. The van der Waals surface area contributed by atoms with E-state index in [2.05, 4.69) is 26.1 Å². The zero-order valence-electron chi connectivity index (χ0n) is 10.7. The largest absolute Gasteiger partial charge is 0.346 e. The number of rotatable bonds is 3. The number of aromatic amines is 1. The maximum Gasteiger partial charge on any atom is 0.141 e. The lowest BCUT2D eigenvalue weighted by Crippen LogP contribution is -2.09. The van der Waals surface area contributed by atoms with Crippen molar-refractivity contribution in [1.82, 2.24) is 24.7 Å². The molecule has 1 aliphatic rings. The summed E-state index contributed by atoms with van der Waals surface area (Å²) < 4.78 is 1.76. The summed E-state index contributed by atoms with van der Waals surface area (Å²) in [6, 6.07) is 4.13. The van der Waals surface area contributed by atoms with Crippen LogP contribution >= 0.6 is 0 Å². The Bertz CT molecular complexity index is 804. The zero-order chi connectivity index (χ0) is 13.5. The molecule has 0 aromatic carbocycles. The molecule has 98 valence electrons. The molecular weight excluding hydrogens is 252 g/mol. The monoisotopic (exact) mass is 264 g/mol. The summed E-state index contributed by atoms with van der Waals surface area (Å²) in [5.74, 6) is 0.449. The second kappa shape index (κ2) is 4.17. The number of hydrogen-bond donors (Lipinski definition) is 1. The van der Waals surface area contributed by atoms with Gasteiger partial charge in [-0.3, -0.25) is 4.68 Å². The maximum atomic E-state index is 9.27. The normalized spacial score (nSPS) is 16.1. The van der Waals surface area contributed by atoms with E-state index in [1.165, 1.54) is 6.33 Å². The van der Waals surface area contributed by atoms with Crippen LogP contribution in [-0.4, -0.2) is 24.7 Å². The molecule has 0 bridgehead atoms. The van der Waals surface area contributed by atoms with E-state index in [0.717, 1.165) is 35.1 Å². The lowest BCUT2D eigenvalue weighted by atomic mass is 10.2. The molecule has 0 amide bonds. The standard InChI is InChI=1S/C14H12N6/c15-5-12(9-1-2-9)20-7-10(6-19-20)13-11-3-4-16-14(11)18-8-17-13/h3-4,6-9,12H,1-2H2,(H,16,17,18). The molecule has 0 saturated heterocycles. The topological polar surface area (TPSA) is 83.2 Å². The number of H-pyrrole nitrogens is 1. The van der Waals surface area contributed by atoms with Gasteiger partial charge in [0, 0.05) is 23.3 Å². The molecule has 3 aromatic heterocycles. The van der Waals surface area contributed by atoms with Gasteiger partial charge in [-0.2, -0.15) is 10.4 Å². The highest BCUT2D eigenvalue weighted by Gasteiger charge is 2.33. The molecular formula is C14H12N6. The van der Waals surface area contributed by atoms with Crippen molar-refractivity contribution in [1.29, 1.82) is 5.26 Å². The van der Waals surface area contributed by atoms with Crippen molar-refractivity contribution < 1.29 is 0 Å². The van der Waals surface area contributed by atoms with Gasteiger partial charge in [0.05, 0.1) is 18.0 Å². The van der Waals surface area contributed by atoms with Crippen LogP contribution in [0.15, 0.2) is 31.0 Å². The van der Waals surface area contributed by atoms with Crippen molar-refractivity contribution in [3.8, 4) is 17.3 Å². The van der Waals surface area contributed by atoms with E-state index in [4.69, 9.17) is 0 Å². The Kier molecular flexibility index (Phi) is 2.33. The summed E-state index contributed by atoms with van der Waals surface area (Å²) in [5, 5.41) is 14.6. The SMILES string of the molecule is N#CC(C1CC1)n1cc(-c2ncnc3[nH]ccc23)cn1. The van der Waals surface area contributed by atoms with Crippen LogP contribution in [0, 0.1) is 17.2 Å². The van der Waals surface area contributed by atoms with Gasteiger partial charge in [0.2, 0.25) is 0 Å². The lowest BCUT2D eigenvalue weighted by molar-refractivity contribution is 0.495. The molecule has 3 heterocycles. The van der Waals surface area contributed by atoms with Gasteiger partial charge >= 0.3 is 0 Å². The van der Waals surface area contributed by atoms with Gasteiger partial charge in [0.1, 0.15) is 18.0 Å². The van der Waals surface area contributed by atoms with Crippen LogP contribution in [0.2, 0.25) is 0 Å². The number of nitrogens with one attached hydrogen (secondary N) is 1. The Hall–Kier alpha value is -2.68. The molecule has 1 N–H and O–H groups in total. The fourth-order valence-corrected chi connectivity index (χ4v) is 2.51. The Morgan fingerprint density at radius 1 is 1.40 bits per heavy atom. The van der Waals surface area contributed by atoms with E-state index in [9.17, 15) is 5.26 Å². The molecule has 1 unspecified atom stereocenters. The number of nitriles is 1. The highest BCUT2D eigenvalue weighted by molar-refractivity contribution is 5.89. The Labute approximate surface area is 115 Å². The van der Waals surface area contributed by atoms with Crippen LogP contribution in [0.5, 0.6) is 0 Å². The fourth-order valence-electron chi connectivity index (χ4n) is 2.51. The average molecular weight is 264 g/mol. The minimum Gasteiger partial charge on any atom is -0.346 e. The summed E-state index contributed by atoms with van der Waals surface area (Å²) in [6.07, 6.45) is 9.28. The van der Waals surface area contributed by atoms with Crippen LogP contribution in [0.25, 0.3) is 22.3 Å². The molecule has 20 heavy (non-hydrogen) atoms. The third-order valence-electron chi connectivity index (χ3n) is 3.71. The number of nitrogens with zero attached hydrogens (tertiary/aromatic N) is 5. The zero-order valence-corrected chi connectivity index (χ0v) is 10.7. The van der Waals surface area contributed by atoms with Crippen LogP contribution in [-0.2, 0) is 0 Å². The fraction of sp³-hybridized carbons (Fsp3) is 0.286. The van der Waals surface area contributed by atoms with E-state index >= 15 is 0 Å². The minimum absolute atomic E-state index is 0.160. The first-order chi connectivity index (χ1) is 9.86. The van der Waals surface area contributed by atoms with Gasteiger partial charge in [-0.15, -0.1) is 0 Å². The molecule has 1 fully saturated rings. The molecule has 6 nitrogen and oxygen atoms in total. The average Bonchev–Trinajstić information content (AvgIpc) is 3.01. The summed E-state index contributed by atoms with van der Waals surface area (Å²) in [4.78, 5) is 11.6. The van der Waals surface area contributed by atoms with Crippen molar-refractivity contribution in [2.24, 2.45) is 5.92 Å². The molecule has 6 heteroatoms. The quantitative estimate of drug-likeness (QED) is 0.786. The van der Waals surface area contributed by atoms with Crippen LogP contribution in [0.3, 0.4) is 0 Å². The predicted molar refractivity (Wildman–Crippen MR) is 72.5 cm³/mol. The number of fused-ring (bicyclic) bond motifs is 1. The predicted octanol–water partition coefficient (Wildman–Crippen LogP) is 2.30. The van der Waals surface area contributed by atoms with E-state index in [0.29, 0.717) is 5.92 Å². The van der Waals surface area contributed by atoms with Crippen molar-refractivity contribution in [2.45, 2.75) is 18.9 Å². The van der Waals surface area contributed by atoms with Gasteiger partial charge < -0.3 is 4.98 Å². The second-order valence-corrected chi connectivity index (χ2v) is 5.08. The van der Waals surface area contributed by atoms with Crippen molar-refractivity contribution in [3.05, 3.63) is 31.0 Å². The molecule has 0 aliphatic heterocycles. The number of hydrogen-bond acceptors (Lipinski definition) is 4. The van der Waals surface area contributed by atoms with Crippen molar-refractivity contribution >= 4 is 11.0 Å². The lowest BCUT2D eigenvalue weighted by Gasteiger charge is -2.06. The first-order valence-electron chi connectivity index (χ1n) is 6.59. The summed E-state index contributed by atoms with van der Waals surface area (Å²) in [5.41, 5.74) is 2.56. The van der Waals surface area contributed by atoms with Gasteiger partial charge in [-0.25, -0.2) is 9.97 Å². The first kappa shape index (κ1) is 11.2. The highest BCUT2D eigenvalue weighted by atomic mass is 15.3. The van der Waals surface area contributed by atoms with Crippen LogP contribution in [0.1, 0.15) is 18.9 Å². The third-order valence-corrected chi connectivity index (χ3v) is 3.71. The van der Waals surface area contributed by atoms with Crippen molar-refractivity contribution in [3.63, 3.8) is 0 Å². The minimum atomic E-state index is -0.160. The smallest absolute Gasteiger partial charge is 0.141 e. The Balaban J connectivity index is 1.78. The van der Waals surface area contributed by atoms with E-state index < -0.39 is 0 Å². The van der Waals surface area contributed by atoms with E-state index in [1.807, 2.05) is 18.5 Å². The Morgan fingerprint density at radius 3 is 3.10 bits per heavy atom. The third kappa shape index (κ3) is 1.67. The summed E-state index contributed by atoms with van der Waals surface area (Å²) in [6.45, 7) is 0. The Morgan fingerprint density at radius 2 is 2.30 bits per heavy atom. The molecule has 1 saturated carbocycles. The van der Waals surface area contributed by atoms with Gasteiger partial charge in [-0.1, -0.05) is 0 Å². The van der Waals surface area contributed by atoms with Crippen LogP contribution in [0.4, 0.5) is 0 Å². The van der Waals surface area contributed by atoms with Gasteiger partial charge in [-0.05, 0) is 24.8 Å². The van der Waals surface area contributed by atoms with E-state index in [-0.39, 0.29) is 6.04 Å².